The molecule has 269 valence electrons. The molecule has 1 aromatic heterocycles. The van der Waals surface area contributed by atoms with Gasteiger partial charge in [0.15, 0.2) is 5.78 Å². The minimum absolute atomic E-state index is 0. The molecular weight excluding hydrogens is 805 g/mol. The fraction of sp³-hybridized carbons (Fsp3) is 0.370. The number of carbonyl (C=O) groups is 1. The number of benzene rings is 4. The van der Waals surface area contributed by atoms with Crippen LogP contribution in [0, 0.1) is 16.9 Å². The summed E-state index contributed by atoms with van der Waals surface area (Å²) in [5, 5.41) is 12.6. The number of rotatable bonds is 10. The second-order valence-electron chi connectivity index (χ2n) is 14.6. The van der Waals surface area contributed by atoms with E-state index in [9.17, 15) is 9.90 Å². The molecule has 0 aliphatic heterocycles. The SMILES string of the molecule is CC(C)c1cc(-c2ncnc3c2CCc2cc(-c4ccccc4)ccc2-3)[c-]c2ccccc12.CCC(C)(CC)C(=O)/C=C(\O)C(C)(CC)CC.[Ir]. The summed E-state index contributed by atoms with van der Waals surface area (Å²) in [6, 6.07) is 31.8. The van der Waals surface area contributed by atoms with Gasteiger partial charge in [-0.05, 0) is 66.7 Å². The number of nitrogens with zero attached hydrogens (tertiary/aromatic N) is 2. The van der Waals surface area contributed by atoms with Gasteiger partial charge in [0.25, 0.3) is 0 Å². The van der Waals surface area contributed by atoms with Gasteiger partial charge in [0.2, 0.25) is 0 Å². The summed E-state index contributed by atoms with van der Waals surface area (Å²) in [5.74, 6) is 0.715. The van der Waals surface area contributed by atoms with E-state index in [1.165, 1.54) is 44.8 Å². The number of ketones is 1. The fourth-order valence-electron chi connectivity index (χ4n) is 6.76. The molecule has 1 heterocycles. The van der Waals surface area contributed by atoms with Gasteiger partial charge in [-0.3, -0.25) is 9.78 Å². The van der Waals surface area contributed by atoms with Gasteiger partial charge in [0.05, 0.1) is 5.69 Å². The topological polar surface area (TPSA) is 63.1 Å². The number of aliphatic hydroxyl groups excluding tert-OH is 1. The van der Waals surface area contributed by atoms with Gasteiger partial charge >= 0.3 is 0 Å². The van der Waals surface area contributed by atoms with Crippen molar-refractivity contribution in [2.45, 2.75) is 99.8 Å². The second-order valence-corrected chi connectivity index (χ2v) is 14.6. The Hall–Kier alpha value is -3.92. The number of aryl methyl sites for hydroxylation is 1. The van der Waals surface area contributed by atoms with Crippen LogP contribution in [0.15, 0.2) is 97.0 Å². The van der Waals surface area contributed by atoms with E-state index in [1.54, 1.807) is 6.33 Å². The Balaban J connectivity index is 0.000000279. The molecule has 1 radical (unpaired) electrons. The van der Waals surface area contributed by atoms with Crippen LogP contribution >= 0.6 is 0 Å². The molecule has 51 heavy (non-hydrogen) atoms. The van der Waals surface area contributed by atoms with Crippen molar-refractivity contribution < 1.29 is 30.0 Å². The van der Waals surface area contributed by atoms with E-state index >= 15 is 0 Å². The zero-order valence-electron chi connectivity index (χ0n) is 31.6. The quantitative estimate of drug-likeness (QED) is 0.0863. The Morgan fingerprint density at radius 2 is 1.43 bits per heavy atom. The molecule has 6 rings (SSSR count). The number of allylic oxidation sites excluding steroid dienone is 2. The first-order valence-electron chi connectivity index (χ1n) is 18.4. The molecule has 5 heteroatoms. The molecule has 0 fully saturated rings. The van der Waals surface area contributed by atoms with Gasteiger partial charge in [-0.2, -0.15) is 0 Å². The maximum absolute atomic E-state index is 12.2. The van der Waals surface area contributed by atoms with Crippen molar-refractivity contribution in [3.63, 3.8) is 0 Å². The Kier molecular flexibility index (Phi) is 13.3. The number of hydrogen-bond donors (Lipinski definition) is 1. The summed E-state index contributed by atoms with van der Waals surface area (Å²) in [7, 11) is 0. The first kappa shape index (κ1) is 39.9. The fourth-order valence-corrected chi connectivity index (χ4v) is 6.76. The van der Waals surface area contributed by atoms with Crippen LogP contribution in [0.1, 0.15) is 104 Å². The van der Waals surface area contributed by atoms with E-state index in [0.717, 1.165) is 60.9 Å². The predicted molar refractivity (Wildman–Crippen MR) is 209 cm³/mol. The second kappa shape index (κ2) is 17.1. The van der Waals surface area contributed by atoms with E-state index in [4.69, 9.17) is 9.97 Å². The Morgan fingerprint density at radius 3 is 2.08 bits per heavy atom. The average Bonchev–Trinajstić information content (AvgIpc) is 3.16. The van der Waals surface area contributed by atoms with Crippen molar-refractivity contribution in [1.29, 1.82) is 0 Å². The normalized spacial score (nSPS) is 12.8. The number of hydrogen-bond acceptors (Lipinski definition) is 4. The van der Waals surface area contributed by atoms with Crippen LogP contribution < -0.4 is 0 Å². The van der Waals surface area contributed by atoms with Crippen LogP contribution in [0.25, 0.3) is 44.4 Å². The molecule has 0 bridgehead atoms. The van der Waals surface area contributed by atoms with Crippen LogP contribution in [-0.4, -0.2) is 20.9 Å². The van der Waals surface area contributed by atoms with Crippen LogP contribution in [0.2, 0.25) is 0 Å². The summed E-state index contributed by atoms with van der Waals surface area (Å²) in [4.78, 5) is 21.7. The summed E-state index contributed by atoms with van der Waals surface area (Å²) < 4.78 is 0. The summed E-state index contributed by atoms with van der Waals surface area (Å²) >= 11 is 0. The average molecular weight is 858 g/mol. The first-order valence-corrected chi connectivity index (χ1v) is 18.4. The van der Waals surface area contributed by atoms with E-state index in [-0.39, 0.29) is 42.5 Å². The molecule has 4 aromatic carbocycles. The van der Waals surface area contributed by atoms with Crippen LogP contribution in [0.3, 0.4) is 0 Å². The molecule has 0 atom stereocenters. The van der Waals surface area contributed by atoms with Crippen LogP contribution in [-0.2, 0) is 37.7 Å². The van der Waals surface area contributed by atoms with E-state index in [0.29, 0.717) is 5.92 Å². The van der Waals surface area contributed by atoms with Crippen molar-refractivity contribution in [3.8, 4) is 33.6 Å². The molecular formula is C46H53IrN2O2-. The largest absolute Gasteiger partial charge is 0.512 e. The molecule has 1 aliphatic carbocycles. The maximum Gasteiger partial charge on any atom is 0.164 e. The van der Waals surface area contributed by atoms with Gasteiger partial charge in [0, 0.05) is 48.3 Å². The van der Waals surface area contributed by atoms with Gasteiger partial charge in [0.1, 0.15) is 12.1 Å². The van der Waals surface area contributed by atoms with Crippen molar-refractivity contribution in [1.82, 2.24) is 9.97 Å². The third kappa shape index (κ3) is 8.43. The Labute approximate surface area is 319 Å². The molecule has 0 saturated heterocycles. The van der Waals surface area contributed by atoms with Gasteiger partial charge in [-0.1, -0.05) is 133 Å². The smallest absolute Gasteiger partial charge is 0.164 e. The minimum atomic E-state index is -0.337. The number of aromatic nitrogens is 2. The Morgan fingerprint density at radius 1 is 0.804 bits per heavy atom. The van der Waals surface area contributed by atoms with Crippen LogP contribution in [0.4, 0.5) is 0 Å². The van der Waals surface area contributed by atoms with E-state index in [1.807, 2.05) is 41.5 Å². The van der Waals surface area contributed by atoms with Gasteiger partial charge < -0.3 is 5.11 Å². The monoisotopic (exact) mass is 858 g/mol. The molecule has 0 saturated carbocycles. The Bertz CT molecular complexity index is 1990. The zero-order chi connectivity index (χ0) is 36.1. The molecule has 1 aliphatic rings. The maximum atomic E-state index is 12.2. The van der Waals surface area contributed by atoms with E-state index < -0.39 is 0 Å². The standard InChI is InChI=1S/C31H25N2.C15H28O2.Ir/c1-20(2)29-18-25(17-23-10-6-7-11-26(23)29)30-28-15-13-24-16-22(21-8-4-3-5-9-21)12-14-27(24)31(28)33-19-32-30;1-7-14(5,8-2)12(16)11-13(17)15(6,9-3)10-4;/h3-12,14,16,18-20H,13,15H2,1-2H3;11,16H,7-10H2,1-6H3;/q-1;;/b;12-11-;. The zero-order valence-corrected chi connectivity index (χ0v) is 34.0. The van der Waals surface area contributed by atoms with Crippen molar-refractivity contribution >= 4 is 16.6 Å². The molecule has 4 nitrogen and oxygen atoms in total. The third-order valence-corrected chi connectivity index (χ3v) is 11.3. The summed E-state index contributed by atoms with van der Waals surface area (Å²) in [5.41, 5.74) is 10.2. The van der Waals surface area contributed by atoms with Crippen molar-refractivity contribution in [3.05, 3.63) is 120 Å². The summed E-state index contributed by atoms with van der Waals surface area (Å²) in [6.45, 7) is 16.6. The number of aliphatic hydroxyl groups is 1. The molecule has 0 spiro atoms. The van der Waals surface area contributed by atoms with E-state index in [2.05, 4.69) is 98.8 Å². The van der Waals surface area contributed by atoms with Gasteiger partial charge in [-0.15, -0.1) is 29.1 Å². The predicted octanol–water partition coefficient (Wildman–Crippen LogP) is 12.3. The summed E-state index contributed by atoms with van der Waals surface area (Å²) in [6.07, 6.45) is 8.40. The van der Waals surface area contributed by atoms with Crippen molar-refractivity contribution in [2.75, 3.05) is 0 Å². The molecule has 1 N–H and O–H groups in total. The molecule has 5 aromatic rings. The minimum Gasteiger partial charge on any atom is -0.512 e. The number of fused-ring (bicyclic) bond motifs is 4. The molecule has 0 unspecified atom stereocenters. The third-order valence-electron chi connectivity index (χ3n) is 11.3. The number of carbonyl (C=O) groups excluding carboxylic acids is 1. The van der Waals surface area contributed by atoms with Gasteiger partial charge in [-0.25, -0.2) is 4.98 Å². The van der Waals surface area contributed by atoms with Crippen molar-refractivity contribution in [2.24, 2.45) is 10.8 Å². The first-order chi connectivity index (χ1) is 24.0. The molecule has 0 amide bonds. The van der Waals surface area contributed by atoms with Crippen LogP contribution in [0.5, 0.6) is 0 Å².